The first kappa shape index (κ1) is 15.0. The molecule has 2 rings (SSSR count). The summed E-state index contributed by atoms with van der Waals surface area (Å²) < 4.78 is 13.6. The summed E-state index contributed by atoms with van der Waals surface area (Å²) in [5.41, 5.74) is 0.129. The van der Waals surface area contributed by atoms with E-state index in [1.807, 2.05) is 11.8 Å². The summed E-state index contributed by atoms with van der Waals surface area (Å²) in [6.07, 6.45) is 2.12. The van der Waals surface area contributed by atoms with E-state index in [2.05, 4.69) is 5.32 Å². The maximum Gasteiger partial charge on any atom is 0.294 e. The van der Waals surface area contributed by atoms with Gasteiger partial charge in [-0.05, 0) is 26.3 Å². The zero-order valence-electron chi connectivity index (χ0n) is 11.2. The molecule has 1 aromatic carbocycles. The highest BCUT2D eigenvalue weighted by Crippen LogP contribution is 2.33. The Bertz CT molecular complexity index is 507. The molecule has 1 fully saturated rings. The number of nitro benzene ring substituents is 1. The van der Waals surface area contributed by atoms with Crippen LogP contribution in [0, 0.1) is 15.9 Å². The van der Waals surface area contributed by atoms with Crippen LogP contribution in [0.5, 0.6) is 0 Å². The molecular weight excluding hydrogens is 285 g/mol. The van der Waals surface area contributed by atoms with E-state index >= 15 is 0 Å². The lowest BCUT2D eigenvalue weighted by atomic mass is 10.1. The maximum absolute atomic E-state index is 13.6. The summed E-state index contributed by atoms with van der Waals surface area (Å²) in [4.78, 5) is 12.4. The van der Waals surface area contributed by atoms with E-state index < -0.39 is 10.7 Å². The van der Waals surface area contributed by atoms with Crippen LogP contribution in [0.2, 0.25) is 5.02 Å². The number of hydrogen-bond donors (Lipinski definition) is 1. The van der Waals surface area contributed by atoms with Crippen LogP contribution in [0.25, 0.3) is 0 Å². The predicted octanol–water partition coefficient (Wildman–Crippen LogP) is 2.97. The second-order valence-electron chi connectivity index (χ2n) is 4.84. The van der Waals surface area contributed by atoms with Gasteiger partial charge in [-0.25, -0.2) is 4.39 Å². The van der Waals surface area contributed by atoms with Crippen LogP contribution in [0.1, 0.15) is 19.8 Å². The van der Waals surface area contributed by atoms with E-state index in [0.717, 1.165) is 31.5 Å². The molecule has 1 aliphatic rings. The van der Waals surface area contributed by atoms with Gasteiger partial charge >= 0.3 is 0 Å². The summed E-state index contributed by atoms with van der Waals surface area (Å²) in [6.45, 7) is 4.04. The van der Waals surface area contributed by atoms with Crippen molar-refractivity contribution in [2.75, 3.05) is 24.5 Å². The lowest BCUT2D eigenvalue weighted by Crippen LogP contribution is -2.37. The monoisotopic (exact) mass is 301 g/mol. The minimum atomic E-state index is -0.634. The summed E-state index contributed by atoms with van der Waals surface area (Å²) in [6, 6.07) is 2.52. The molecule has 0 spiro atoms. The van der Waals surface area contributed by atoms with Gasteiger partial charge in [0.2, 0.25) is 0 Å². The Morgan fingerprint density at radius 1 is 1.60 bits per heavy atom. The first-order valence-corrected chi connectivity index (χ1v) is 7.02. The van der Waals surface area contributed by atoms with Gasteiger partial charge in [0.1, 0.15) is 11.5 Å². The van der Waals surface area contributed by atoms with Gasteiger partial charge in [-0.2, -0.15) is 0 Å². The number of benzene rings is 1. The van der Waals surface area contributed by atoms with Gasteiger partial charge in [0.15, 0.2) is 0 Å². The summed E-state index contributed by atoms with van der Waals surface area (Å²) in [5, 5.41) is 14.2. The van der Waals surface area contributed by atoms with Crippen molar-refractivity contribution in [3.8, 4) is 0 Å². The quantitative estimate of drug-likeness (QED) is 0.671. The second-order valence-corrected chi connectivity index (χ2v) is 5.25. The molecule has 1 aliphatic heterocycles. The molecular formula is C13H17ClFN3O2. The molecule has 1 saturated heterocycles. The number of hydrogen-bond acceptors (Lipinski definition) is 4. The number of rotatable bonds is 5. The van der Waals surface area contributed by atoms with Crippen LogP contribution in [-0.2, 0) is 0 Å². The number of nitrogens with one attached hydrogen (secondary N) is 1. The Labute approximate surface area is 121 Å². The van der Waals surface area contributed by atoms with E-state index in [1.165, 1.54) is 0 Å². The zero-order valence-corrected chi connectivity index (χ0v) is 12.0. The molecule has 1 unspecified atom stereocenters. The van der Waals surface area contributed by atoms with Crippen molar-refractivity contribution in [1.29, 1.82) is 0 Å². The molecule has 0 aromatic heterocycles. The van der Waals surface area contributed by atoms with E-state index in [0.29, 0.717) is 13.1 Å². The molecule has 0 aliphatic carbocycles. The third kappa shape index (κ3) is 3.19. The number of likely N-dealkylation sites (N-methyl/N-ethyl adjacent to an activating group) is 1. The predicted molar refractivity (Wildman–Crippen MR) is 77.0 cm³/mol. The Hall–Kier alpha value is -1.40. The van der Waals surface area contributed by atoms with E-state index in [4.69, 9.17) is 11.6 Å². The van der Waals surface area contributed by atoms with Gasteiger partial charge in [-0.3, -0.25) is 10.1 Å². The normalized spacial score (nSPS) is 18.2. The Morgan fingerprint density at radius 2 is 2.35 bits per heavy atom. The molecule has 0 bridgehead atoms. The van der Waals surface area contributed by atoms with Crippen molar-refractivity contribution in [3.63, 3.8) is 0 Å². The fourth-order valence-electron chi connectivity index (χ4n) is 2.50. The standard InChI is InChI=1S/C13H17ClFN3O2/c1-2-17(8-9-4-3-5-16-9)12-7-11(15)10(14)6-13(12)18(19)20/h6-7,9,16H,2-5,8H2,1H3. The van der Waals surface area contributed by atoms with Crippen molar-refractivity contribution in [1.82, 2.24) is 5.32 Å². The van der Waals surface area contributed by atoms with Gasteiger partial charge in [-0.1, -0.05) is 11.6 Å². The smallest absolute Gasteiger partial charge is 0.294 e. The molecule has 1 heterocycles. The summed E-state index contributed by atoms with van der Waals surface area (Å²) >= 11 is 5.64. The summed E-state index contributed by atoms with van der Waals surface area (Å²) in [7, 11) is 0. The van der Waals surface area contributed by atoms with Crippen molar-refractivity contribution in [2.45, 2.75) is 25.8 Å². The van der Waals surface area contributed by atoms with Crippen LogP contribution in [0.4, 0.5) is 15.8 Å². The van der Waals surface area contributed by atoms with Gasteiger partial charge in [0.05, 0.1) is 9.95 Å². The number of halogens is 2. The Balaban J connectivity index is 2.31. The SMILES string of the molecule is CCN(CC1CCCN1)c1cc(F)c(Cl)cc1[N+](=O)[O-]. The topological polar surface area (TPSA) is 58.4 Å². The third-order valence-corrected chi connectivity index (χ3v) is 3.83. The van der Waals surface area contributed by atoms with E-state index in [-0.39, 0.29) is 22.4 Å². The number of anilines is 1. The number of nitrogens with zero attached hydrogens (tertiary/aromatic N) is 2. The highest BCUT2D eigenvalue weighted by atomic mass is 35.5. The molecule has 20 heavy (non-hydrogen) atoms. The van der Waals surface area contributed by atoms with Crippen LogP contribution >= 0.6 is 11.6 Å². The fraction of sp³-hybridized carbons (Fsp3) is 0.538. The lowest BCUT2D eigenvalue weighted by Gasteiger charge is -2.26. The molecule has 1 aromatic rings. The molecule has 0 amide bonds. The average Bonchev–Trinajstić information content (AvgIpc) is 2.91. The molecule has 5 nitrogen and oxygen atoms in total. The van der Waals surface area contributed by atoms with Gasteiger partial charge in [-0.15, -0.1) is 0 Å². The zero-order chi connectivity index (χ0) is 14.7. The van der Waals surface area contributed by atoms with E-state index in [9.17, 15) is 14.5 Å². The lowest BCUT2D eigenvalue weighted by molar-refractivity contribution is -0.384. The van der Waals surface area contributed by atoms with E-state index in [1.54, 1.807) is 0 Å². The van der Waals surface area contributed by atoms with Crippen LogP contribution in [-0.4, -0.2) is 30.6 Å². The fourth-order valence-corrected chi connectivity index (χ4v) is 2.66. The minimum absolute atomic E-state index is 0.156. The maximum atomic E-state index is 13.6. The first-order chi connectivity index (χ1) is 9.52. The van der Waals surface area contributed by atoms with Crippen molar-refractivity contribution < 1.29 is 9.31 Å². The van der Waals surface area contributed by atoms with Crippen molar-refractivity contribution in [3.05, 3.63) is 33.1 Å². The van der Waals surface area contributed by atoms with Crippen LogP contribution in [0.3, 0.4) is 0 Å². The molecule has 7 heteroatoms. The average molecular weight is 302 g/mol. The first-order valence-electron chi connectivity index (χ1n) is 6.64. The van der Waals surface area contributed by atoms with Crippen LogP contribution in [0.15, 0.2) is 12.1 Å². The summed E-state index contributed by atoms with van der Waals surface area (Å²) in [5.74, 6) is -0.634. The van der Waals surface area contributed by atoms with Gasteiger partial charge in [0.25, 0.3) is 5.69 Å². The second kappa shape index (κ2) is 6.37. The minimum Gasteiger partial charge on any atom is -0.365 e. The van der Waals surface area contributed by atoms with Crippen molar-refractivity contribution >= 4 is 23.0 Å². The van der Waals surface area contributed by atoms with Crippen molar-refractivity contribution in [2.24, 2.45) is 0 Å². The highest BCUT2D eigenvalue weighted by Gasteiger charge is 2.24. The highest BCUT2D eigenvalue weighted by molar-refractivity contribution is 6.31. The number of nitro groups is 1. The van der Waals surface area contributed by atoms with Gasteiger partial charge in [0, 0.05) is 31.3 Å². The van der Waals surface area contributed by atoms with Gasteiger partial charge < -0.3 is 10.2 Å². The molecule has 0 saturated carbocycles. The third-order valence-electron chi connectivity index (χ3n) is 3.54. The molecule has 1 N–H and O–H groups in total. The Kier molecular flexibility index (Phi) is 4.77. The largest absolute Gasteiger partial charge is 0.365 e. The molecule has 110 valence electrons. The van der Waals surface area contributed by atoms with Crippen LogP contribution < -0.4 is 10.2 Å². The molecule has 1 atom stereocenters. The Morgan fingerprint density at radius 3 is 2.90 bits per heavy atom. The molecule has 0 radical (unpaired) electrons.